The summed E-state index contributed by atoms with van der Waals surface area (Å²) in [6.45, 7) is 0.656. The second-order valence-corrected chi connectivity index (χ2v) is 6.06. The molecular weight excluding hydrogens is 290 g/mol. The Labute approximate surface area is 131 Å². The molecule has 7 nitrogen and oxygen atoms in total. The molecule has 1 rings (SSSR count). The summed E-state index contributed by atoms with van der Waals surface area (Å²) in [4.78, 5) is 12.2. The van der Waals surface area contributed by atoms with Crippen LogP contribution in [0.4, 0.5) is 0 Å². The Hall–Kier alpha value is -0.730. The predicted octanol–water partition coefficient (Wildman–Crippen LogP) is -0.439. The monoisotopic (exact) mass is 319 g/mol. The molecule has 1 heterocycles. The van der Waals surface area contributed by atoms with E-state index in [0.29, 0.717) is 13.0 Å². The molecular formula is C15H29NO6. The number of aliphatic hydroxyl groups is 4. The molecule has 0 amide bonds. The average molecular weight is 319 g/mol. The van der Waals surface area contributed by atoms with Crippen LogP contribution in [0.25, 0.3) is 0 Å². The van der Waals surface area contributed by atoms with Gasteiger partial charge in [0, 0.05) is 13.0 Å². The van der Waals surface area contributed by atoms with E-state index >= 15 is 0 Å². The second-order valence-electron chi connectivity index (χ2n) is 6.06. The third kappa shape index (κ3) is 6.18. The minimum atomic E-state index is -1.21. The van der Waals surface area contributed by atoms with E-state index in [1.807, 2.05) is 4.90 Å². The summed E-state index contributed by atoms with van der Waals surface area (Å²) in [5.74, 6) is -0.751. The zero-order valence-corrected chi connectivity index (χ0v) is 13.0. The standard InChI is InChI=1S/C15H29NO6/c17-10-11-14(21)15(22)12(18)9-16(11)8-6-4-2-1-3-5-7-13(19)20/h11-12,14-15,17-18,21-22H,1-10H2,(H,19,20)/t11-,12+,14-,15-/m1/s1. The van der Waals surface area contributed by atoms with E-state index in [0.717, 1.165) is 32.1 Å². The van der Waals surface area contributed by atoms with Crippen LogP contribution in [0.15, 0.2) is 0 Å². The number of β-amino-alcohol motifs (C(OH)–C–C–N with tert-alkyl or cyclic N) is 1. The van der Waals surface area contributed by atoms with E-state index < -0.39 is 30.3 Å². The Bertz CT molecular complexity index is 327. The fraction of sp³-hybridized carbons (Fsp3) is 0.933. The van der Waals surface area contributed by atoms with Crippen LogP contribution in [0, 0.1) is 0 Å². The third-order valence-electron chi connectivity index (χ3n) is 4.30. The van der Waals surface area contributed by atoms with Crippen LogP contribution in [0.2, 0.25) is 0 Å². The molecule has 22 heavy (non-hydrogen) atoms. The number of hydrogen-bond donors (Lipinski definition) is 5. The number of aliphatic hydroxyl groups excluding tert-OH is 4. The first kappa shape index (κ1) is 19.3. The number of hydrogen-bond acceptors (Lipinski definition) is 6. The lowest BCUT2D eigenvalue weighted by molar-refractivity contribution is -0.145. The molecule has 0 aromatic heterocycles. The van der Waals surface area contributed by atoms with Gasteiger partial charge in [-0.25, -0.2) is 0 Å². The van der Waals surface area contributed by atoms with Gasteiger partial charge in [-0.1, -0.05) is 25.7 Å². The largest absolute Gasteiger partial charge is 0.481 e. The highest BCUT2D eigenvalue weighted by molar-refractivity contribution is 5.66. The number of rotatable bonds is 10. The molecule has 1 fully saturated rings. The first-order chi connectivity index (χ1) is 10.5. The van der Waals surface area contributed by atoms with Crippen LogP contribution in [0.3, 0.4) is 0 Å². The fourth-order valence-corrected chi connectivity index (χ4v) is 2.93. The minimum absolute atomic E-state index is 0.226. The van der Waals surface area contributed by atoms with E-state index in [1.54, 1.807) is 0 Å². The predicted molar refractivity (Wildman–Crippen MR) is 80.4 cm³/mol. The van der Waals surface area contributed by atoms with Crippen molar-refractivity contribution in [2.24, 2.45) is 0 Å². The highest BCUT2D eigenvalue weighted by Crippen LogP contribution is 2.19. The van der Waals surface area contributed by atoms with Gasteiger partial charge in [0.05, 0.1) is 18.8 Å². The molecule has 1 saturated heterocycles. The van der Waals surface area contributed by atoms with Crippen molar-refractivity contribution in [2.75, 3.05) is 19.7 Å². The van der Waals surface area contributed by atoms with Crippen molar-refractivity contribution in [1.82, 2.24) is 4.90 Å². The van der Waals surface area contributed by atoms with Gasteiger partial charge in [0.1, 0.15) is 12.2 Å². The van der Waals surface area contributed by atoms with Gasteiger partial charge in [0.2, 0.25) is 0 Å². The average Bonchev–Trinajstić information content (AvgIpc) is 2.47. The topological polar surface area (TPSA) is 121 Å². The van der Waals surface area contributed by atoms with Crippen molar-refractivity contribution in [1.29, 1.82) is 0 Å². The summed E-state index contributed by atoms with van der Waals surface area (Å²) in [6.07, 6.45) is 2.40. The number of nitrogens with zero attached hydrogens (tertiary/aromatic N) is 1. The zero-order valence-electron chi connectivity index (χ0n) is 13.0. The summed E-state index contributed by atoms with van der Waals surface area (Å²) < 4.78 is 0. The Balaban J connectivity index is 2.16. The van der Waals surface area contributed by atoms with Crippen LogP contribution in [0.1, 0.15) is 44.9 Å². The normalized spacial score (nSPS) is 29.6. The molecule has 7 heteroatoms. The summed E-state index contributed by atoms with van der Waals surface area (Å²) in [7, 11) is 0. The molecule has 1 aliphatic heterocycles. The summed E-state index contributed by atoms with van der Waals surface area (Å²) in [6, 6.07) is -0.533. The molecule has 0 unspecified atom stereocenters. The lowest BCUT2D eigenvalue weighted by atomic mass is 9.94. The van der Waals surface area contributed by atoms with Gasteiger partial charge < -0.3 is 25.5 Å². The van der Waals surface area contributed by atoms with E-state index in [2.05, 4.69) is 0 Å². The van der Waals surface area contributed by atoms with Crippen LogP contribution in [-0.4, -0.2) is 80.5 Å². The van der Waals surface area contributed by atoms with E-state index in [1.165, 1.54) is 0 Å². The van der Waals surface area contributed by atoms with E-state index in [4.69, 9.17) is 5.11 Å². The highest BCUT2D eigenvalue weighted by Gasteiger charge is 2.40. The van der Waals surface area contributed by atoms with Crippen LogP contribution < -0.4 is 0 Å². The van der Waals surface area contributed by atoms with Crippen molar-refractivity contribution in [3.05, 3.63) is 0 Å². The Kier molecular flexibility index (Phi) is 8.89. The van der Waals surface area contributed by atoms with E-state index in [9.17, 15) is 25.2 Å². The van der Waals surface area contributed by atoms with Crippen LogP contribution >= 0.6 is 0 Å². The highest BCUT2D eigenvalue weighted by atomic mass is 16.4. The third-order valence-corrected chi connectivity index (χ3v) is 4.30. The number of aliphatic carboxylic acids is 1. The number of unbranched alkanes of at least 4 members (excludes halogenated alkanes) is 5. The van der Waals surface area contributed by atoms with Gasteiger partial charge in [-0.05, 0) is 19.4 Å². The number of carboxylic acid groups (broad SMARTS) is 1. The van der Waals surface area contributed by atoms with Crippen molar-refractivity contribution < 1.29 is 30.3 Å². The molecule has 130 valence electrons. The Morgan fingerprint density at radius 3 is 2.14 bits per heavy atom. The van der Waals surface area contributed by atoms with Gasteiger partial charge in [0.15, 0.2) is 0 Å². The van der Waals surface area contributed by atoms with Gasteiger partial charge in [-0.15, -0.1) is 0 Å². The van der Waals surface area contributed by atoms with E-state index in [-0.39, 0.29) is 19.6 Å². The summed E-state index contributed by atoms with van der Waals surface area (Å²) in [5.41, 5.74) is 0. The maximum absolute atomic E-state index is 10.4. The van der Waals surface area contributed by atoms with Crippen molar-refractivity contribution in [3.63, 3.8) is 0 Å². The summed E-state index contributed by atoms with van der Waals surface area (Å²) >= 11 is 0. The lowest BCUT2D eigenvalue weighted by Gasteiger charge is -2.43. The van der Waals surface area contributed by atoms with Crippen LogP contribution in [0.5, 0.6) is 0 Å². The number of likely N-dealkylation sites (tertiary alicyclic amines) is 1. The number of carboxylic acids is 1. The van der Waals surface area contributed by atoms with Crippen molar-refractivity contribution in [3.8, 4) is 0 Å². The molecule has 5 N–H and O–H groups in total. The molecule has 4 atom stereocenters. The van der Waals surface area contributed by atoms with Gasteiger partial charge >= 0.3 is 5.97 Å². The number of piperidine rings is 1. The first-order valence-corrected chi connectivity index (χ1v) is 8.08. The lowest BCUT2D eigenvalue weighted by Crippen LogP contribution is -2.62. The second kappa shape index (κ2) is 10.1. The van der Waals surface area contributed by atoms with Gasteiger partial charge in [-0.3, -0.25) is 9.69 Å². The fourth-order valence-electron chi connectivity index (χ4n) is 2.93. The molecule has 0 spiro atoms. The van der Waals surface area contributed by atoms with Gasteiger partial charge in [-0.2, -0.15) is 0 Å². The van der Waals surface area contributed by atoms with Crippen molar-refractivity contribution >= 4 is 5.97 Å². The maximum atomic E-state index is 10.4. The molecule has 0 saturated carbocycles. The quantitative estimate of drug-likeness (QED) is 0.346. The molecule has 0 bridgehead atoms. The van der Waals surface area contributed by atoms with Crippen molar-refractivity contribution in [2.45, 2.75) is 69.3 Å². The zero-order chi connectivity index (χ0) is 16.5. The molecule has 0 aromatic rings. The molecule has 1 aliphatic rings. The first-order valence-electron chi connectivity index (χ1n) is 8.08. The smallest absolute Gasteiger partial charge is 0.303 e. The maximum Gasteiger partial charge on any atom is 0.303 e. The van der Waals surface area contributed by atoms with Crippen LogP contribution in [-0.2, 0) is 4.79 Å². The minimum Gasteiger partial charge on any atom is -0.481 e. The number of carbonyl (C=O) groups is 1. The summed E-state index contributed by atoms with van der Waals surface area (Å²) in [5, 5.41) is 47.0. The SMILES string of the molecule is O=C(O)CCCCCCCCN1C[C@H](O)[C@@H](O)[C@H](O)[C@H]1CO. The Morgan fingerprint density at radius 2 is 1.55 bits per heavy atom. The van der Waals surface area contributed by atoms with Gasteiger partial charge in [0.25, 0.3) is 0 Å². The Morgan fingerprint density at radius 1 is 0.955 bits per heavy atom. The molecule has 0 aliphatic carbocycles. The molecule has 0 radical (unpaired) electrons. The molecule has 0 aromatic carbocycles.